The van der Waals surface area contributed by atoms with Gasteiger partial charge in [-0.15, -0.1) is 0 Å². The molecule has 1 fully saturated rings. The van der Waals surface area contributed by atoms with Gasteiger partial charge >= 0.3 is 0 Å². The Morgan fingerprint density at radius 2 is 1.77 bits per heavy atom. The Labute approximate surface area is 176 Å². The number of para-hydroxylation sites is 2. The number of anilines is 1. The summed E-state index contributed by atoms with van der Waals surface area (Å²) < 4.78 is 0. The van der Waals surface area contributed by atoms with E-state index < -0.39 is 5.41 Å². The predicted octanol–water partition coefficient (Wildman–Crippen LogP) is 3.91. The van der Waals surface area contributed by atoms with Crippen LogP contribution >= 0.6 is 0 Å². The fraction of sp³-hybridized carbons (Fsp3) is 0.333. The molecule has 0 radical (unpaired) electrons. The Bertz CT molecular complexity index is 1140. The summed E-state index contributed by atoms with van der Waals surface area (Å²) in [5.41, 5.74) is 3.23. The number of aromatic nitrogens is 2. The van der Waals surface area contributed by atoms with E-state index in [2.05, 4.69) is 16.3 Å². The standard InChI is InChI=1S/C24H25N5O/c1-24(2,3)23(30)26-17-12-13-29(15-17)22-21(18-9-5-4-8-16(18)14-25)27-19-10-6-7-11-20(19)28-22/h4-11,17H,12-13,15H2,1-3H3,(H,26,30). The molecule has 0 saturated carbocycles. The Balaban J connectivity index is 1.73. The van der Waals surface area contributed by atoms with Crippen LogP contribution in [0.15, 0.2) is 48.5 Å². The van der Waals surface area contributed by atoms with E-state index in [0.717, 1.165) is 35.4 Å². The van der Waals surface area contributed by atoms with Crippen molar-refractivity contribution in [1.82, 2.24) is 15.3 Å². The lowest BCUT2D eigenvalue weighted by Gasteiger charge is -2.23. The molecule has 3 aromatic rings. The maximum Gasteiger partial charge on any atom is 0.225 e. The van der Waals surface area contributed by atoms with Gasteiger partial charge in [-0.25, -0.2) is 9.97 Å². The smallest absolute Gasteiger partial charge is 0.225 e. The molecule has 6 heteroatoms. The quantitative estimate of drug-likeness (QED) is 0.722. The summed E-state index contributed by atoms with van der Waals surface area (Å²) in [5.74, 6) is 0.804. The van der Waals surface area contributed by atoms with E-state index in [1.165, 1.54) is 0 Å². The van der Waals surface area contributed by atoms with Crippen molar-refractivity contribution in [3.8, 4) is 17.3 Å². The van der Waals surface area contributed by atoms with Crippen LogP contribution in [-0.4, -0.2) is 35.0 Å². The number of nitriles is 1. The molecule has 2 aromatic carbocycles. The van der Waals surface area contributed by atoms with Gasteiger partial charge in [0.25, 0.3) is 0 Å². The monoisotopic (exact) mass is 399 g/mol. The van der Waals surface area contributed by atoms with Crippen LogP contribution < -0.4 is 10.2 Å². The first-order chi connectivity index (χ1) is 14.4. The van der Waals surface area contributed by atoms with Gasteiger partial charge in [-0.3, -0.25) is 4.79 Å². The maximum absolute atomic E-state index is 12.4. The van der Waals surface area contributed by atoms with Crippen LogP contribution in [0.3, 0.4) is 0 Å². The lowest BCUT2D eigenvalue weighted by molar-refractivity contribution is -0.129. The Morgan fingerprint density at radius 1 is 1.10 bits per heavy atom. The van der Waals surface area contributed by atoms with E-state index >= 15 is 0 Å². The van der Waals surface area contributed by atoms with Gasteiger partial charge in [-0.2, -0.15) is 5.26 Å². The Kier molecular flexibility index (Phi) is 5.13. The number of nitrogens with zero attached hydrogens (tertiary/aromatic N) is 4. The summed E-state index contributed by atoms with van der Waals surface area (Å²) in [5, 5.41) is 12.8. The van der Waals surface area contributed by atoms with Crippen molar-refractivity contribution >= 4 is 22.8 Å². The number of nitrogens with one attached hydrogen (secondary N) is 1. The average molecular weight is 399 g/mol. The van der Waals surface area contributed by atoms with E-state index in [0.29, 0.717) is 17.8 Å². The zero-order chi connectivity index (χ0) is 21.3. The lowest BCUT2D eigenvalue weighted by Crippen LogP contribution is -2.43. The molecule has 1 atom stereocenters. The molecule has 152 valence electrons. The first-order valence-corrected chi connectivity index (χ1v) is 10.2. The minimum atomic E-state index is -0.424. The van der Waals surface area contributed by atoms with Crippen molar-refractivity contribution in [1.29, 1.82) is 5.26 Å². The molecule has 0 spiro atoms. The first kappa shape index (κ1) is 19.8. The van der Waals surface area contributed by atoms with Crippen LogP contribution in [-0.2, 0) is 4.79 Å². The van der Waals surface area contributed by atoms with Gasteiger partial charge < -0.3 is 10.2 Å². The van der Waals surface area contributed by atoms with E-state index in [9.17, 15) is 10.1 Å². The van der Waals surface area contributed by atoms with Crippen molar-refractivity contribution < 1.29 is 4.79 Å². The second kappa shape index (κ2) is 7.75. The van der Waals surface area contributed by atoms with Gasteiger partial charge in [0.2, 0.25) is 5.91 Å². The molecular formula is C24H25N5O. The largest absolute Gasteiger partial charge is 0.353 e. The molecule has 1 amide bonds. The molecule has 30 heavy (non-hydrogen) atoms. The second-order valence-corrected chi connectivity index (χ2v) is 8.70. The molecule has 4 rings (SSSR count). The molecule has 6 nitrogen and oxygen atoms in total. The van der Waals surface area contributed by atoms with Crippen molar-refractivity contribution in [2.75, 3.05) is 18.0 Å². The summed E-state index contributed by atoms with van der Waals surface area (Å²) >= 11 is 0. The van der Waals surface area contributed by atoms with E-state index in [4.69, 9.17) is 9.97 Å². The van der Waals surface area contributed by atoms with Crippen LogP contribution in [0.4, 0.5) is 5.82 Å². The number of carbonyl (C=O) groups excluding carboxylic acids is 1. The van der Waals surface area contributed by atoms with Gasteiger partial charge in [0.15, 0.2) is 5.82 Å². The van der Waals surface area contributed by atoms with Crippen LogP contribution in [0.5, 0.6) is 0 Å². The highest BCUT2D eigenvalue weighted by atomic mass is 16.2. The van der Waals surface area contributed by atoms with Crippen molar-refractivity contribution in [3.63, 3.8) is 0 Å². The maximum atomic E-state index is 12.4. The number of rotatable bonds is 3. The number of benzene rings is 2. The molecule has 1 saturated heterocycles. The molecule has 1 aliphatic rings. The molecule has 1 aromatic heterocycles. The molecule has 1 unspecified atom stereocenters. The van der Waals surface area contributed by atoms with Gasteiger partial charge in [-0.1, -0.05) is 51.1 Å². The third kappa shape index (κ3) is 3.84. The average Bonchev–Trinajstić information content (AvgIpc) is 3.20. The highest BCUT2D eigenvalue weighted by Crippen LogP contribution is 2.33. The molecular weight excluding hydrogens is 374 g/mol. The van der Waals surface area contributed by atoms with Crippen LogP contribution in [0.1, 0.15) is 32.8 Å². The fourth-order valence-corrected chi connectivity index (χ4v) is 3.65. The Morgan fingerprint density at radius 3 is 2.47 bits per heavy atom. The number of amides is 1. The number of hydrogen-bond donors (Lipinski definition) is 1. The van der Waals surface area contributed by atoms with E-state index in [1.54, 1.807) is 6.07 Å². The van der Waals surface area contributed by atoms with Crippen molar-refractivity contribution in [2.24, 2.45) is 5.41 Å². The third-order valence-electron chi connectivity index (χ3n) is 5.36. The zero-order valence-corrected chi connectivity index (χ0v) is 17.5. The summed E-state index contributed by atoms with van der Waals surface area (Å²) in [4.78, 5) is 24.4. The fourth-order valence-electron chi connectivity index (χ4n) is 3.65. The van der Waals surface area contributed by atoms with Crippen LogP contribution in [0.2, 0.25) is 0 Å². The van der Waals surface area contributed by atoms with E-state index in [1.807, 2.05) is 63.2 Å². The summed E-state index contributed by atoms with van der Waals surface area (Å²) in [6, 6.07) is 17.6. The molecule has 2 heterocycles. The molecule has 0 bridgehead atoms. The van der Waals surface area contributed by atoms with Crippen molar-refractivity contribution in [3.05, 3.63) is 54.1 Å². The second-order valence-electron chi connectivity index (χ2n) is 8.70. The number of hydrogen-bond acceptors (Lipinski definition) is 5. The lowest BCUT2D eigenvalue weighted by atomic mass is 9.95. The van der Waals surface area contributed by atoms with Crippen LogP contribution in [0.25, 0.3) is 22.3 Å². The van der Waals surface area contributed by atoms with Gasteiger partial charge in [-0.05, 0) is 24.6 Å². The predicted molar refractivity (Wildman–Crippen MR) is 118 cm³/mol. The number of carbonyl (C=O) groups is 1. The van der Waals surface area contributed by atoms with Crippen LogP contribution in [0, 0.1) is 16.7 Å². The molecule has 1 N–H and O–H groups in total. The zero-order valence-electron chi connectivity index (χ0n) is 17.5. The molecule has 1 aliphatic heterocycles. The highest BCUT2D eigenvalue weighted by molar-refractivity contribution is 5.85. The minimum absolute atomic E-state index is 0.0500. The highest BCUT2D eigenvalue weighted by Gasteiger charge is 2.31. The first-order valence-electron chi connectivity index (χ1n) is 10.2. The topological polar surface area (TPSA) is 81.9 Å². The summed E-state index contributed by atoms with van der Waals surface area (Å²) in [6.07, 6.45) is 0.843. The summed E-state index contributed by atoms with van der Waals surface area (Å²) in [6.45, 7) is 7.18. The summed E-state index contributed by atoms with van der Waals surface area (Å²) in [7, 11) is 0. The minimum Gasteiger partial charge on any atom is -0.353 e. The van der Waals surface area contributed by atoms with Gasteiger partial charge in [0, 0.05) is 30.1 Å². The van der Waals surface area contributed by atoms with Gasteiger partial charge in [0.05, 0.1) is 22.7 Å². The molecule has 0 aliphatic carbocycles. The number of fused-ring (bicyclic) bond motifs is 1. The van der Waals surface area contributed by atoms with E-state index in [-0.39, 0.29) is 11.9 Å². The van der Waals surface area contributed by atoms with Gasteiger partial charge in [0.1, 0.15) is 5.69 Å². The Hall–Kier alpha value is -3.46. The normalized spacial score (nSPS) is 16.5. The van der Waals surface area contributed by atoms with Crippen molar-refractivity contribution in [2.45, 2.75) is 33.2 Å². The third-order valence-corrected chi connectivity index (χ3v) is 5.36. The SMILES string of the molecule is CC(C)(C)C(=O)NC1CCN(c2nc3ccccc3nc2-c2ccccc2C#N)C1.